The van der Waals surface area contributed by atoms with Crippen molar-refractivity contribution in [3.05, 3.63) is 48.0 Å². The van der Waals surface area contributed by atoms with E-state index in [-0.39, 0.29) is 0 Å². The zero-order chi connectivity index (χ0) is 13.3. The van der Waals surface area contributed by atoms with Gasteiger partial charge in [-0.15, -0.1) is 34.0 Å². The Kier molecular flexibility index (Phi) is 2.15. The van der Waals surface area contributed by atoms with E-state index in [4.69, 9.17) is 0 Å². The summed E-state index contributed by atoms with van der Waals surface area (Å²) in [6, 6.07) is 15.6. The SMILES string of the molecule is Cc1ccc2sc3c(sc4c5ccccc5sc43)c2c1. The van der Waals surface area contributed by atoms with Crippen LogP contribution in [0.3, 0.4) is 0 Å². The molecule has 0 fully saturated rings. The molecule has 0 aliphatic carbocycles. The summed E-state index contributed by atoms with van der Waals surface area (Å²) in [4.78, 5) is 0. The fourth-order valence-corrected chi connectivity index (χ4v) is 7.05. The van der Waals surface area contributed by atoms with E-state index in [0.29, 0.717) is 0 Å². The van der Waals surface area contributed by atoms with Gasteiger partial charge in [-0.1, -0.05) is 29.8 Å². The number of fused-ring (bicyclic) bond motifs is 7. The van der Waals surface area contributed by atoms with E-state index in [1.54, 1.807) is 0 Å². The lowest BCUT2D eigenvalue weighted by Crippen LogP contribution is -1.68. The van der Waals surface area contributed by atoms with E-state index in [9.17, 15) is 0 Å². The fourth-order valence-electron chi connectivity index (χ4n) is 2.81. The Bertz CT molecular complexity index is 1110. The predicted octanol–water partition coefficient (Wildman–Crippen LogP) is 6.79. The van der Waals surface area contributed by atoms with Crippen molar-refractivity contribution in [2.24, 2.45) is 0 Å². The van der Waals surface area contributed by atoms with Gasteiger partial charge in [0.2, 0.25) is 0 Å². The molecule has 0 aliphatic heterocycles. The summed E-state index contributed by atoms with van der Waals surface area (Å²) in [6.07, 6.45) is 0. The number of thiophene rings is 3. The fraction of sp³-hybridized carbons (Fsp3) is 0.0588. The molecule has 0 radical (unpaired) electrons. The highest BCUT2D eigenvalue weighted by Crippen LogP contribution is 2.49. The number of hydrogen-bond acceptors (Lipinski definition) is 3. The van der Waals surface area contributed by atoms with E-state index < -0.39 is 0 Å². The maximum Gasteiger partial charge on any atom is 0.0642 e. The molecule has 3 aromatic heterocycles. The average Bonchev–Trinajstić information content (AvgIpc) is 3.07. The zero-order valence-electron chi connectivity index (χ0n) is 10.8. The second-order valence-corrected chi connectivity index (χ2v) is 8.24. The van der Waals surface area contributed by atoms with E-state index in [0.717, 1.165) is 0 Å². The summed E-state index contributed by atoms with van der Waals surface area (Å²) < 4.78 is 8.72. The third-order valence-electron chi connectivity index (χ3n) is 3.76. The first-order valence-corrected chi connectivity index (χ1v) is 8.99. The number of aryl methyl sites for hydroxylation is 1. The molecule has 0 atom stereocenters. The Morgan fingerprint density at radius 1 is 0.650 bits per heavy atom. The lowest BCUT2D eigenvalue weighted by molar-refractivity contribution is 1.52. The topological polar surface area (TPSA) is 0 Å². The number of hydrogen-bond donors (Lipinski definition) is 0. The normalized spacial score (nSPS) is 12.2. The van der Waals surface area contributed by atoms with Crippen LogP contribution < -0.4 is 0 Å². The highest BCUT2D eigenvalue weighted by molar-refractivity contribution is 7.43. The first-order valence-electron chi connectivity index (χ1n) is 6.54. The molecule has 0 nitrogen and oxygen atoms in total. The summed E-state index contributed by atoms with van der Waals surface area (Å²) in [5, 5.41) is 2.85. The van der Waals surface area contributed by atoms with Crippen LogP contribution in [-0.2, 0) is 0 Å². The zero-order valence-corrected chi connectivity index (χ0v) is 13.2. The molecule has 96 valence electrons. The molecule has 0 saturated carbocycles. The van der Waals surface area contributed by atoms with Crippen LogP contribution in [0.1, 0.15) is 5.56 Å². The second kappa shape index (κ2) is 3.82. The van der Waals surface area contributed by atoms with Crippen molar-refractivity contribution in [3.63, 3.8) is 0 Å². The van der Waals surface area contributed by atoms with Gasteiger partial charge in [-0.05, 0) is 25.1 Å². The van der Waals surface area contributed by atoms with Crippen LogP contribution in [0, 0.1) is 6.92 Å². The molecule has 0 unspecified atom stereocenters. The smallest absolute Gasteiger partial charge is 0.0642 e. The Hall–Kier alpha value is -1.42. The van der Waals surface area contributed by atoms with Crippen LogP contribution >= 0.6 is 34.0 Å². The van der Waals surface area contributed by atoms with Gasteiger partial charge in [0.05, 0.1) is 18.8 Å². The van der Waals surface area contributed by atoms with E-state index in [2.05, 4.69) is 49.4 Å². The van der Waals surface area contributed by atoms with Crippen molar-refractivity contribution in [1.82, 2.24) is 0 Å². The molecule has 0 N–H and O–H groups in total. The Labute approximate surface area is 127 Å². The van der Waals surface area contributed by atoms with Gasteiger partial charge in [-0.25, -0.2) is 0 Å². The van der Waals surface area contributed by atoms with E-state index in [1.165, 1.54) is 44.5 Å². The van der Waals surface area contributed by atoms with E-state index >= 15 is 0 Å². The van der Waals surface area contributed by atoms with Gasteiger partial charge >= 0.3 is 0 Å². The molecule has 5 aromatic rings. The maximum atomic E-state index is 2.33. The number of benzene rings is 2. The van der Waals surface area contributed by atoms with Gasteiger partial charge in [-0.3, -0.25) is 0 Å². The maximum absolute atomic E-state index is 2.33. The quantitative estimate of drug-likeness (QED) is 0.295. The molecular weight excluding hydrogens is 300 g/mol. The minimum absolute atomic E-state index is 1.35. The molecule has 0 aliphatic rings. The van der Waals surface area contributed by atoms with Crippen LogP contribution in [-0.4, -0.2) is 0 Å². The molecule has 0 spiro atoms. The van der Waals surface area contributed by atoms with Crippen molar-refractivity contribution < 1.29 is 0 Å². The first kappa shape index (κ1) is 11.3. The van der Waals surface area contributed by atoms with Gasteiger partial charge in [0, 0.05) is 20.2 Å². The Balaban J connectivity index is 2.06. The van der Waals surface area contributed by atoms with Crippen LogP contribution in [0.2, 0.25) is 0 Å². The molecule has 2 aromatic carbocycles. The predicted molar refractivity (Wildman–Crippen MR) is 94.8 cm³/mol. The van der Waals surface area contributed by atoms with Gasteiger partial charge in [0.1, 0.15) is 0 Å². The first-order chi connectivity index (χ1) is 9.81. The molecule has 0 amide bonds. The highest BCUT2D eigenvalue weighted by atomic mass is 32.1. The molecular formula is C17H10S3. The summed E-state index contributed by atoms with van der Waals surface area (Å²) in [5.74, 6) is 0. The molecule has 0 bridgehead atoms. The van der Waals surface area contributed by atoms with Crippen molar-refractivity contribution >= 4 is 73.0 Å². The molecule has 3 heterocycles. The molecule has 0 saturated heterocycles. The monoisotopic (exact) mass is 310 g/mol. The van der Waals surface area contributed by atoms with Gasteiger partial charge in [0.15, 0.2) is 0 Å². The van der Waals surface area contributed by atoms with Gasteiger partial charge in [-0.2, -0.15) is 0 Å². The minimum Gasteiger partial charge on any atom is -0.133 e. The van der Waals surface area contributed by atoms with Crippen LogP contribution in [0.15, 0.2) is 42.5 Å². The second-order valence-electron chi connectivity index (χ2n) is 5.12. The number of rotatable bonds is 0. The van der Waals surface area contributed by atoms with Crippen molar-refractivity contribution in [3.8, 4) is 0 Å². The van der Waals surface area contributed by atoms with Crippen LogP contribution in [0.5, 0.6) is 0 Å². The molecule has 3 heteroatoms. The summed E-state index contributed by atoms with van der Waals surface area (Å²) in [5.41, 5.74) is 1.35. The van der Waals surface area contributed by atoms with Gasteiger partial charge in [0.25, 0.3) is 0 Å². The van der Waals surface area contributed by atoms with Gasteiger partial charge < -0.3 is 0 Å². The van der Waals surface area contributed by atoms with Crippen LogP contribution in [0.25, 0.3) is 39.0 Å². The molecule has 20 heavy (non-hydrogen) atoms. The summed E-state index contributed by atoms with van der Waals surface area (Å²) in [7, 11) is 0. The van der Waals surface area contributed by atoms with Crippen molar-refractivity contribution in [1.29, 1.82) is 0 Å². The largest absolute Gasteiger partial charge is 0.133 e. The highest BCUT2D eigenvalue weighted by Gasteiger charge is 2.16. The van der Waals surface area contributed by atoms with E-state index in [1.807, 2.05) is 34.0 Å². The third kappa shape index (κ3) is 1.35. The minimum atomic E-state index is 1.35. The van der Waals surface area contributed by atoms with Crippen LogP contribution in [0.4, 0.5) is 0 Å². The van der Waals surface area contributed by atoms with Crippen molar-refractivity contribution in [2.45, 2.75) is 6.92 Å². The average molecular weight is 310 g/mol. The summed E-state index contributed by atoms with van der Waals surface area (Å²) in [6.45, 7) is 2.17. The lowest BCUT2D eigenvalue weighted by Gasteiger charge is -1.92. The Morgan fingerprint density at radius 3 is 2.20 bits per heavy atom. The standard InChI is InChI=1S/C17H10S3/c1-9-6-7-13-11(8-9)15-17(19-13)16-14(20-15)10-4-2-3-5-12(10)18-16/h2-8H,1H3. The lowest BCUT2D eigenvalue weighted by atomic mass is 10.2. The van der Waals surface area contributed by atoms with Crippen molar-refractivity contribution in [2.75, 3.05) is 0 Å². The Morgan fingerprint density at radius 2 is 1.35 bits per heavy atom. The summed E-state index contributed by atoms with van der Waals surface area (Å²) >= 11 is 5.84. The molecule has 5 rings (SSSR count). The third-order valence-corrected chi connectivity index (χ3v) is 7.78.